The van der Waals surface area contributed by atoms with Crippen molar-refractivity contribution in [3.8, 4) is 5.75 Å². The number of halogens is 1. The Kier molecular flexibility index (Phi) is 5.08. The molecule has 0 spiro atoms. The van der Waals surface area contributed by atoms with Gasteiger partial charge in [-0.25, -0.2) is 9.40 Å². The SMILES string of the molecule is CCC(=O)N1CCC(N2CC(c3cc(F)cc(OC)c3C3CC3)=CN2)CC1. The van der Waals surface area contributed by atoms with Crippen LogP contribution in [0.25, 0.3) is 5.57 Å². The predicted molar refractivity (Wildman–Crippen MR) is 103 cm³/mol. The molecule has 2 heterocycles. The number of hydrogen-bond acceptors (Lipinski definition) is 4. The number of hydrogen-bond donors (Lipinski definition) is 1. The van der Waals surface area contributed by atoms with Crippen LogP contribution in [0.3, 0.4) is 0 Å². The first-order chi connectivity index (χ1) is 13.1. The quantitative estimate of drug-likeness (QED) is 0.860. The molecule has 3 aliphatic rings. The molecule has 0 unspecified atom stereocenters. The maximum Gasteiger partial charge on any atom is 0.222 e. The standard InChI is InChI=1S/C21H28FN3O2/c1-3-20(26)24-8-6-17(7-9-24)25-13-15(12-23-25)18-10-16(22)11-19(27-2)21(18)14-4-5-14/h10-12,14,17,23H,3-9,13H2,1-2H3. The topological polar surface area (TPSA) is 44.8 Å². The largest absolute Gasteiger partial charge is 0.496 e. The van der Waals surface area contributed by atoms with E-state index < -0.39 is 0 Å². The van der Waals surface area contributed by atoms with Gasteiger partial charge in [0.1, 0.15) is 11.6 Å². The van der Waals surface area contributed by atoms with E-state index in [1.807, 2.05) is 18.0 Å². The highest BCUT2D eigenvalue weighted by atomic mass is 19.1. The first-order valence-corrected chi connectivity index (χ1v) is 9.98. The summed E-state index contributed by atoms with van der Waals surface area (Å²) in [6, 6.07) is 3.54. The van der Waals surface area contributed by atoms with Crippen molar-refractivity contribution in [3.05, 3.63) is 35.3 Å². The number of hydrazine groups is 1. The molecule has 2 fully saturated rings. The van der Waals surface area contributed by atoms with Gasteiger partial charge in [0.15, 0.2) is 0 Å². The van der Waals surface area contributed by atoms with Gasteiger partial charge in [0.25, 0.3) is 0 Å². The summed E-state index contributed by atoms with van der Waals surface area (Å²) >= 11 is 0. The summed E-state index contributed by atoms with van der Waals surface area (Å²) in [5.74, 6) is 1.13. The zero-order valence-electron chi connectivity index (χ0n) is 16.1. The third kappa shape index (κ3) is 3.68. The van der Waals surface area contributed by atoms with Crippen molar-refractivity contribution >= 4 is 11.5 Å². The van der Waals surface area contributed by atoms with Crippen molar-refractivity contribution in [2.24, 2.45) is 0 Å². The van der Waals surface area contributed by atoms with Crippen molar-refractivity contribution in [2.75, 3.05) is 26.7 Å². The summed E-state index contributed by atoms with van der Waals surface area (Å²) in [6.07, 6.45) is 6.78. The van der Waals surface area contributed by atoms with Crippen LogP contribution in [0.4, 0.5) is 4.39 Å². The minimum absolute atomic E-state index is 0.238. The maximum atomic E-state index is 14.2. The molecule has 1 amide bonds. The number of amides is 1. The van der Waals surface area contributed by atoms with E-state index in [1.54, 1.807) is 13.2 Å². The number of carbonyl (C=O) groups is 1. The van der Waals surface area contributed by atoms with Gasteiger partial charge in [0.2, 0.25) is 5.91 Å². The Morgan fingerprint density at radius 1 is 1.26 bits per heavy atom. The minimum Gasteiger partial charge on any atom is -0.496 e. The van der Waals surface area contributed by atoms with Gasteiger partial charge >= 0.3 is 0 Å². The monoisotopic (exact) mass is 373 g/mol. The van der Waals surface area contributed by atoms with E-state index in [0.29, 0.717) is 24.1 Å². The molecule has 0 bridgehead atoms. The highest BCUT2D eigenvalue weighted by Gasteiger charge is 2.34. The Morgan fingerprint density at radius 3 is 2.63 bits per heavy atom. The van der Waals surface area contributed by atoms with E-state index in [1.165, 1.54) is 6.07 Å². The maximum absolute atomic E-state index is 14.2. The molecule has 1 aromatic carbocycles. The van der Waals surface area contributed by atoms with Gasteiger partial charge < -0.3 is 15.1 Å². The summed E-state index contributed by atoms with van der Waals surface area (Å²) < 4.78 is 19.6. The zero-order valence-corrected chi connectivity index (χ0v) is 16.1. The first kappa shape index (κ1) is 18.3. The lowest BCUT2D eigenvalue weighted by Crippen LogP contribution is -2.48. The van der Waals surface area contributed by atoms with Gasteiger partial charge in [0, 0.05) is 49.9 Å². The predicted octanol–water partition coefficient (Wildman–Crippen LogP) is 3.27. The van der Waals surface area contributed by atoms with Gasteiger partial charge in [-0.05, 0) is 48.8 Å². The summed E-state index contributed by atoms with van der Waals surface area (Å²) in [7, 11) is 1.61. The van der Waals surface area contributed by atoms with Gasteiger partial charge in [-0.2, -0.15) is 0 Å². The van der Waals surface area contributed by atoms with Gasteiger partial charge in [-0.3, -0.25) is 4.79 Å². The highest BCUT2D eigenvalue weighted by Crippen LogP contribution is 2.48. The van der Waals surface area contributed by atoms with Crippen LogP contribution in [0.5, 0.6) is 5.75 Å². The first-order valence-electron chi connectivity index (χ1n) is 9.98. The Hall–Kier alpha value is -2.08. The molecule has 5 nitrogen and oxygen atoms in total. The average molecular weight is 373 g/mol. The number of rotatable bonds is 5. The molecular formula is C21H28FN3O2. The number of ether oxygens (including phenoxy) is 1. The Bertz CT molecular complexity index is 752. The van der Waals surface area contributed by atoms with Crippen LogP contribution in [0.2, 0.25) is 0 Å². The van der Waals surface area contributed by atoms with Crippen molar-refractivity contribution < 1.29 is 13.9 Å². The number of nitrogens with zero attached hydrogens (tertiary/aromatic N) is 2. The molecule has 146 valence electrons. The van der Waals surface area contributed by atoms with Crippen LogP contribution in [-0.4, -0.2) is 48.6 Å². The number of nitrogens with one attached hydrogen (secondary N) is 1. The molecule has 0 aromatic heterocycles. The fourth-order valence-corrected chi connectivity index (χ4v) is 4.30. The molecule has 6 heteroatoms. The van der Waals surface area contributed by atoms with Crippen molar-refractivity contribution in [1.82, 2.24) is 15.3 Å². The van der Waals surface area contributed by atoms with Gasteiger partial charge in [-0.1, -0.05) is 6.92 Å². The van der Waals surface area contributed by atoms with E-state index in [-0.39, 0.29) is 11.7 Å². The van der Waals surface area contributed by atoms with E-state index >= 15 is 0 Å². The summed E-state index contributed by atoms with van der Waals surface area (Å²) in [5.41, 5.74) is 6.62. The summed E-state index contributed by atoms with van der Waals surface area (Å²) in [6.45, 7) is 4.29. The lowest BCUT2D eigenvalue weighted by molar-refractivity contribution is -0.132. The molecule has 1 saturated carbocycles. The number of piperidine rings is 1. The van der Waals surface area contributed by atoms with Crippen LogP contribution in [-0.2, 0) is 4.79 Å². The summed E-state index contributed by atoms with van der Waals surface area (Å²) in [4.78, 5) is 13.8. The van der Waals surface area contributed by atoms with Gasteiger partial charge in [0.05, 0.1) is 7.11 Å². The van der Waals surface area contributed by atoms with Crippen molar-refractivity contribution in [2.45, 2.75) is 51.0 Å². The smallest absolute Gasteiger partial charge is 0.222 e. The second kappa shape index (κ2) is 7.50. The molecule has 1 aliphatic carbocycles. The van der Waals surface area contributed by atoms with Crippen LogP contribution in [0.1, 0.15) is 56.1 Å². The van der Waals surface area contributed by atoms with Crippen LogP contribution in [0.15, 0.2) is 18.3 Å². The molecule has 27 heavy (non-hydrogen) atoms. The molecule has 2 aliphatic heterocycles. The highest BCUT2D eigenvalue weighted by molar-refractivity contribution is 5.76. The van der Waals surface area contributed by atoms with E-state index in [4.69, 9.17) is 4.74 Å². The van der Waals surface area contributed by atoms with Crippen molar-refractivity contribution in [1.29, 1.82) is 0 Å². The normalized spacial score (nSPS) is 21.1. The van der Waals surface area contributed by atoms with Crippen LogP contribution < -0.4 is 10.2 Å². The lowest BCUT2D eigenvalue weighted by Gasteiger charge is -2.36. The Balaban J connectivity index is 1.46. The molecule has 0 atom stereocenters. The molecule has 0 radical (unpaired) electrons. The minimum atomic E-state index is -0.253. The number of likely N-dealkylation sites (tertiary alicyclic amines) is 1. The lowest BCUT2D eigenvalue weighted by atomic mass is 9.95. The molecule has 1 N–H and O–H groups in total. The number of methoxy groups -OCH3 is 1. The second-order valence-electron chi connectivity index (χ2n) is 7.74. The summed E-state index contributed by atoms with van der Waals surface area (Å²) in [5, 5.41) is 2.23. The Labute approximate surface area is 160 Å². The number of carbonyl (C=O) groups excluding carboxylic acids is 1. The van der Waals surface area contributed by atoms with E-state index in [0.717, 1.165) is 62.0 Å². The van der Waals surface area contributed by atoms with Gasteiger partial charge in [-0.15, -0.1) is 0 Å². The van der Waals surface area contributed by atoms with E-state index in [9.17, 15) is 9.18 Å². The third-order valence-electron chi connectivity index (χ3n) is 5.96. The van der Waals surface area contributed by atoms with Crippen molar-refractivity contribution in [3.63, 3.8) is 0 Å². The van der Waals surface area contributed by atoms with E-state index in [2.05, 4.69) is 10.4 Å². The molecule has 1 saturated heterocycles. The molecular weight excluding hydrogens is 345 g/mol. The van der Waals surface area contributed by atoms with Crippen LogP contribution in [0, 0.1) is 5.82 Å². The average Bonchev–Trinajstić information content (AvgIpc) is 3.41. The second-order valence-corrected chi connectivity index (χ2v) is 7.74. The van der Waals surface area contributed by atoms with Crippen LogP contribution >= 0.6 is 0 Å². The zero-order chi connectivity index (χ0) is 19.0. The molecule has 4 rings (SSSR count). The number of benzene rings is 1. The fourth-order valence-electron chi connectivity index (χ4n) is 4.30. The molecule has 1 aromatic rings. The third-order valence-corrected chi connectivity index (χ3v) is 5.96. The fraction of sp³-hybridized carbons (Fsp3) is 0.571. The Morgan fingerprint density at radius 2 is 2.00 bits per heavy atom.